The summed E-state index contributed by atoms with van der Waals surface area (Å²) < 4.78 is 7.12. The average Bonchev–Trinajstić information content (AvgIpc) is 0.848. The number of nitrogens with zero attached hydrogens (tertiary/aromatic N) is 4. The van der Waals surface area contributed by atoms with Crippen LogP contribution in [-0.4, -0.2) is 10.2 Å². The molecular weight excluding hydrogens is 1540 g/mol. The molecule has 19 rings (SSSR count). The molecule has 1 aromatic heterocycles. The predicted octanol–water partition coefficient (Wildman–Crippen LogP) is 34.0. The fourth-order valence-corrected chi connectivity index (χ4v) is 21.0. The molecule has 18 aromatic carbocycles. The van der Waals surface area contributed by atoms with Gasteiger partial charge in [0.15, 0.2) is 0 Å². The van der Waals surface area contributed by atoms with Crippen molar-refractivity contribution in [2.75, 3.05) is 9.80 Å². The minimum absolute atomic E-state index is 0.393. The van der Waals surface area contributed by atoms with Gasteiger partial charge in [0.05, 0.1) is 0 Å². The topological polar surface area (TPSA) is 45.4 Å². The largest absolute Gasteiger partial charge is 0.416 e. The molecule has 0 aliphatic carbocycles. The Balaban J connectivity index is 0.766. The molecule has 5 nitrogen and oxygen atoms in total. The van der Waals surface area contributed by atoms with Crippen LogP contribution in [0.5, 0.6) is 0 Å². The first-order valence-corrected chi connectivity index (χ1v) is 44.1. The lowest BCUT2D eigenvalue weighted by molar-refractivity contribution is 0.584. The van der Waals surface area contributed by atoms with E-state index in [-0.39, 0.29) is 0 Å². The van der Waals surface area contributed by atoms with Gasteiger partial charge in [0, 0.05) is 45.3 Å². The summed E-state index contributed by atoms with van der Waals surface area (Å²) in [7, 11) is 0. The van der Waals surface area contributed by atoms with Gasteiger partial charge in [-0.05, 0) is 368 Å². The number of benzene rings is 18. The molecule has 0 N–H and O–H groups in total. The van der Waals surface area contributed by atoms with E-state index in [0.29, 0.717) is 11.8 Å². The Bertz CT molecular complexity index is 6260. The SMILES string of the molecule is Cc1c(-c2ccccc2)c(C)c(-c2cccc(N(c3cccc(-c4nnc(-c5cccc(N(c6cccc(-c7c(C)c(-c8ccccc8)c(C)c(-c8ccccc8)c7C)c6)c6cccc(-c7c(C)c(-c8ccccc8)c(C)c(-c8ccccc8)c7C)c6)c5)o4)c3)c3cccc(-c4c(C)c(-c5ccccc5)c(C)c(-c5ccccc5)c4C)c3)c2)c(C)c1-c1ccccc1. The van der Waals surface area contributed by atoms with Gasteiger partial charge in [0.2, 0.25) is 11.8 Å². The summed E-state index contributed by atoms with van der Waals surface area (Å²) in [4.78, 5) is 4.80. The highest BCUT2D eigenvalue weighted by Crippen LogP contribution is 2.53. The molecule has 614 valence electrons. The molecular formula is C122H100N4O. The van der Waals surface area contributed by atoms with E-state index in [1.54, 1.807) is 0 Å². The second-order valence-electron chi connectivity index (χ2n) is 33.8. The van der Waals surface area contributed by atoms with Gasteiger partial charge < -0.3 is 14.2 Å². The van der Waals surface area contributed by atoms with Crippen LogP contribution in [-0.2, 0) is 0 Å². The van der Waals surface area contributed by atoms with Crippen LogP contribution < -0.4 is 9.80 Å². The third kappa shape index (κ3) is 15.2. The molecule has 0 radical (unpaired) electrons. The molecule has 0 saturated heterocycles. The summed E-state index contributed by atoms with van der Waals surface area (Å²) in [5, 5.41) is 9.99. The van der Waals surface area contributed by atoms with E-state index in [2.05, 4.69) is 481 Å². The van der Waals surface area contributed by atoms with Crippen LogP contribution in [0.1, 0.15) is 66.8 Å². The summed E-state index contributed by atoms with van der Waals surface area (Å²) in [5.74, 6) is 0.786. The molecule has 19 aromatic rings. The first-order valence-electron chi connectivity index (χ1n) is 44.1. The van der Waals surface area contributed by atoms with Crippen molar-refractivity contribution in [3.8, 4) is 156 Å². The van der Waals surface area contributed by atoms with Crippen molar-refractivity contribution >= 4 is 34.1 Å². The van der Waals surface area contributed by atoms with Crippen molar-refractivity contribution < 1.29 is 4.42 Å². The van der Waals surface area contributed by atoms with Gasteiger partial charge in [-0.15, -0.1) is 10.2 Å². The van der Waals surface area contributed by atoms with E-state index < -0.39 is 0 Å². The highest BCUT2D eigenvalue weighted by Gasteiger charge is 2.30. The quantitative estimate of drug-likeness (QED) is 0.0761. The minimum Gasteiger partial charge on any atom is -0.416 e. The first kappa shape index (κ1) is 81.4. The lowest BCUT2D eigenvalue weighted by Crippen LogP contribution is -2.11. The summed E-state index contributed by atoms with van der Waals surface area (Å²) in [6, 6.07) is 141. The Labute approximate surface area is 748 Å². The Kier molecular flexibility index (Phi) is 22.3. The number of aromatic nitrogens is 2. The normalized spacial score (nSPS) is 11.3. The third-order valence-corrected chi connectivity index (χ3v) is 26.2. The molecule has 0 aliphatic heterocycles. The van der Waals surface area contributed by atoms with Gasteiger partial charge in [-0.1, -0.05) is 303 Å². The van der Waals surface area contributed by atoms with Gasteiger partial charge in [-0.2, -0.15) is 0 Å². The van der Waals surface area contributed by atoms with Gasteiger partial charge in [0.1, 0.15) is 0 Å². The van der Waals surface area contributed by atoms with Crippen molar-refractivity contribution in [2.45, 2.75) is 83.1 Å². The monoisotopic (exact) mass is 1640 g/mol. The second kappa shape index (κ2) is 34.8. The van der Waals surface area contributed by atoms with Crippen molar-refractivity contribution in [1.29, 1.82) is 0 Å². The van der Waals surface area contributed by atoms with Crippen LogP contribution in [0.15, 0.2) is 393 Å². The van der Waals surface area contributed by atoms with Crippen molar-refractivity contribution in [2.24, 2.45) is 0 Å². The molecule has 0 amide bonds. The zero-order valence-electron chi connectivity index (χ0n) is 74.1. The van der Waals surface area contributed by atoms with Crippen LogP contribution in [0.3, 0.4) is 0 Å². The zero-order chi connectivity index (χ0) is 87.1. The van der Waals surface area contributed by atoms with Gasteiger partial charge in [0.25, 0.3) is 0 Å². The van der Waals surface area contributed by atoms with Crippen LogP contribution in [0.25, 0.3) is 156 Å². The molecule has 1 heterocycles. The van der Waals surface area contributed by atoms with E-state index >= 15 is 0 Å². The van der Waals surface area contributed by atoms with Gasteiger partial charge >= 0.3 is 0 Å². The maximum Gasteiger partial charge on any atom is 0.248 e. The Morgan fingerprint density at radius 3 is 0.425 bits per heavy atom. The first-order chi connectivity index (χ1) is 62.1. The number of hydrogen-bond donors (Lipinski definition) is 0. The second-order valence-corrected chi connectivity index (χ2v) is 33.8. The zero-order valence-corrected chi connectivity index (χ0v) is 74.1. The van der Waals surface area contributed by atoms with Crippen molar-refractivity contribution in [3.63, 3.8) is 0 Å². The summed E-state index contributed by atoms with van der Waals surface area (Å²) in [6.45, 7) is 27.6. The highest BCUT2D eigenvalue weighted by molar-refractivity contribution is 5.99. The van der Waals surface area contributed by atoms with E-state index in [4.69, 9.17) is 14.6 Å². The summed E-state index contributed by atoms with van der Waals surface area (Å²) in [6.07, 6.45) is 0. The number of anilines is 6. The molecule has 0 atom stereocenters. The lowest BCUT2D eigenvalue weighted by Gasteiger charge is -2.28. The van der Waals surface area contributed by atoms with E-state index in [9.17, 15) is 0 Å². The fourth-order valence-electron chi connectivity index (χ4n) is 21.0. The fraction of sp³-hybridized carbons (Fsp3) is 0.0984. The van der Waals surface area contributed by atoms with E-state index in [0.717, 1.165) is 67.5 Å². The predicted molar refractivity (Wildman–Crippen MR) is 537 cm³/mol. The van der Waals surface area contributed by atoms with Crippen LogP contribution in [0.2, 0.25) is 0 Å². The Morgan fingerprint density at radius 2 is 0.268 bits per heavy atom. The van der Waals surface area contributed by atoms with Gasteiger partial charge in [-0.3, -0.25) is 0 Å². The average molecular weight is 1640 g/mol. The molecule has 127 heavy (non-hydrogen) atoms. The molecule has 0 aliphatic rings. The number of hydrogen-bond acceptors (Lipinski definition) is 5. The maximum atomic E-state index is 7.12. The van der Waals surface area contributed by atoms with Crippen LogP contribution in [0.4, 0.5) is 34.1 Å². The molecule has 0 saturated carbocycles. The van der Waals surface area contributed by atoms with E-state index in [1.807, 2.05) is 0 Å². The highest BCUT2D eigenvalue weighted by atomic mass is 16.4. The smallest absolute Gasteiger partial charge is 0.248 e. The number of rotatable bonds is 20. The third-order valence-electron chi connectivity index (χ3n) is 26.2. The minimum atomic E-state index is 0.393. The molecule has 0 unspecified atom stereocenters. The molecule has 0 fully saturated rings. The van der Waals surface area contributed by atoms with E-state index in [1.165, 1.54) is 178 Å². The van der Waals surface area contributed by atoms with Crippen LogP contribution >= 0.6 is 0 Å². The van der Waals surface area contributed by atoms with Crippen molar-refractivity contribution in [3.05, 3.63) is 455 Å². The van der Waals surface area contributed by atoms with Gasteiger partial charge in [-0.25, -0.2) is 0 Å². The Morgan fingerprint density at radius 1 is 0.142 bits per heavy atom. The standard InChI is InChI=1S/C122H100N4O/c1-77-109(89-43-21-13-22-44-89)81(5)117(82(6)110(77)90-45-23-14-24-46-90)97-59-37-65-103(71-97)125(104-66-38-60-98(72-104)118-83(7)111(91-47-25-15-26-48-91)78(2)112(84(118)8)92-49-27-16-28-50-92)107-69-41-63-101(75-107)121-123-124-122(127-121)102-64-42-70-108(76-102)126(105-67-39-61-99(73-105)119-85(9)113(93-51-29-17-30-52-93)79(3)114(86(119)10)94-53-31-18-32-54-94)106-68-40-62-100(74-106)120-87(11)115(95-55-33-19-34-56-95)80(4)116(88(120)12)96-57-35-20-36-58-96/h13-76H,1-12H3. The summed E-state index contributed by atoms with van der Waals surface area (Å²) >= 11 is 0. The maximum absolute atomic E-state index is 7.12. The molecule has 0 bridgehead atoms. The lowest BCUT2D eigenvalue weighted by atomic mass is 9.80. The summed E-state index contributed by atoms with van der Waals surface area (Å²) in [5.41, 5.74) is 51.0. The Hall–Kier alpha value is -15.3. The molecule has 5 heteroatoms. The van der Waals surface area contributed by atoms with Crippen molar-refractivity contribution in [1.82, 2.24) is 10.2 Å². The molecule has 0 spiro atoms. The van der Waals surface area contributed by atoms with Crippen LogP contribution in [0, 0.1) is 83.1 Å².